The van der Waals surface area contributed by atoms with Crippen LogP contribution in [0.25, 0.3) is 22.2 Å². The quantitative estimate of drug-likeness (QED) is 0.600. The van der Waals surface area contributed by atoms with Gasteiger partial charge in [0.15, 0.2) is 0 Å². The number of carbonyl (C=O) groups is 1. The highest BCUT2D eigenvalue weighted by atomic mass is 32.2. The van der Waals surface area contributed by atoms with E-state index >= 15 is 0 Å². The summed E-state index contributed by atoms with van der Waals surface area (Å²) in [5.74, 6) is 1.18. The summed E-state index contributed by atoms with van der Waals surface area (Å²) in [6.45, 7) is 3.84. The Hall–Kier alpha value is -2.91. The third-order valence-electron chi connectivity index (χ3n) is 5.22. The van der Waals surface area contributed by atoms with E-state index in [1.54, 1.807) is 18.0 Å². The minimum Gasteiger partial charge on any atom is -0.492 e. The molecule has 1 aliphatic rings. The van der Waals surface area contributed by atoms with Gasteiger partial charge < -0.3 is 14.6 Å². The average molecular weight is 429 g/mol. The van der Waals surface area contributed by atoms with Crippen LogP contribution in [0.2, 0.25) is 0 Å². The summed E-state index contributed by atoms with van der Waals surface area (Å²) in [6, 6.07) is 9.55. The zero-order valence-electron chi connectivity index (χ0n) is 16.9. The monoisotopic (exact) mass is 428 g/mol. The molecule has 1 saturated heterocycles. The maximum atomic E-state index is 11.3. The number of amides is 1. The average Bonchev–Trinajstić information content (AvgIpc) is 3.09. The molecule has 2 aromatic heterocycles. The first-order valence-corrected chi connectivity index (χ1v) is 11.6. The molecule has 0 spiro atoms. The van der Waals surface area contributed by atoms with E-state index in [4.69, 9.17) is 4.74 Å². The molecule has 4 rings (SSSR count). The smallest absolute Gasteiger partial charge is 0.219 e. The summed E-state index contributed by atoms with van der Waals surface area (Å²) >= 11 is 0. The van der Waals surface area contributed by atoms with Gasteiger partial charge in [-0.15, -0.1) is 0 Å². The van der Waals surface area contributed by atoms with Crippen molar-refractivity contribution in [3.63, 3.8) is 0 Å². The van der Waals surface area contributed by atoms with Crippen molar-refractivity contribution in [3.05, 3.63) is 48.3 Å². The Bertz CT molecular complexity index is 1170. The normalized spacial score (nSPS) is 14.7. The zero-order valence-corrected chi connectivity index (χ0v) is 17.7. The molecule has 3 aromatic rings. The lowest BCUT2D eigenvalue weighted by atomic mass is 10.0. The first-order chi connectivity index (χ1) is 14.3. The predicted molar refractivity (Wildman–Crippen MR) is 114 cm³/mol. The lowest BCUT2D eigenvalue weighted by molar-refractivity contribution is -0.135. The summed E-state index contributed by atoms with van der Waals surface area (Å²) < 4.78 is 31.1. The SMILES string of the molecule is CC(=O)N1CC(COc2ccnc3[nH]cc(-c4ccc(CNS(C)(=O)=O)cc4)c23)C1. The number of likely N-dealkylation sites (tertiary alicyclic amines) is 1. The second kappa shape index (κ2) is 8.08. The van der Waals surface area contributed by atoms with Gasteiger partial charge in [0.05, 0.1) is 18.2 Å². The van der Waals surface area contributed by atoms with Crippen LogP contribution in [0, 0.1) is 5.92 Å². The van der Waals surface area contributed by atoms with Crippen LogP contribution < -0.4 is 9.46 Å². The highest BCUT2D eigenvalue weighted by Gasteiger charge is 2.29. The fourth-order valence-corrected chi connectivity index (χ4v) is 3.96. The van der Waals surface area contributed by atoms with Gasteiger partial charge in [-0.1, -0.05) is 24.3 Å². The third-order valence-corrected chi connectivity index (χ3v) is 5.88. The molecule has 3 heterocycles. The summed E-state index contributed by atoms with van der Waals surface area (Å²) in [5.41, 5.74) is 3.56. The van der Waals surface area contributed by atoms with Gasteiger partial charge in [-0.2, -0.15) is 0 Å². The number of pyridine rings is 1. The van der Waals surface area contributed by atoms with Gasteiger partial charge >= 0.3 is 0 Å². The van der Waals surface area contributed by atoms with E-state index in [-0.39, 0.29) is 12.5 Å². The molecule has 1 aromatic carbocycles. The summed E-state index contributed by atoms with van der Waals surface area (Å²) in [7, 11) is -3.23. The highest BCUT2D eigenvalue weighted by molar-refractivity contribution is 7.88. The standard InChI is InChI=1S/C21H24N4O4S/c1-14(26)25-11-16(12-25)13-29-19-7-8-22-21-20(19)18(10-23-21)17-5-3-15(4-6-17)9-24-30(2,27)28/h3-8,10,16,24H,9,11-13H2,1-2H3,(H,22,23). The Morgan fingerprint density at radius 3 is 2.67 bits per heavy atom. The Balaban J connectivity index is 1.51. The topological polar surface area (TPSA) is 104 Å². The third kappa shape index (κ3) is 4.47. The fourth-order valence-electron chi connectivity index (χ4n) is 3.53. The van der Waals surface area contributed by atoms with Crippen LogP contribution in [0.5, 0.6) is 5.75 Å². The molecule has 30 heavy (non-hydrogen) atoms. The number of fused-ring (bicyclic) bond motifs is 1. The van der Waals surface area contributed by atoms with Crippen molar-refractivity contribution < 1.29 is 17.9 Å². The molecular formula is C21H24N4O4S. The van der Waals surface area contributed by atoms with Crippen LogP contribution in [0.1, 0.15) is 12.5 Å². The van der Waals surface area contributed by atoms with Gasteiger partial charge in [0.1, 0.15) is 11.4 Å². The molecule has 2 N–H and O–H groups in total. The van der Waals surface area contributed by atoms with Crippen LogP contribution in [-0.2, 0) is 21.4 Å². The Kier molecular flexibility index (Phi) is 5.48. The van der Waals surface area contributed by atoms with Crippen molar-refractivity contribution in [3.8, 4) is 16.9 Å². The van der Waals surface area contributed by atoms with Crippen molar-refractivity contribution in [1.82, 2.24) is 19.6 Å². The zero-order chi connectivity index (χ0) is 21.3. The highest BCUT2D eigenvalue weighted by Crippen LogP contribution is 2.35. The molecule has 158 valence electrons. The number of benzene rings is 1. The number of aromatic amines is 1. The van der Waals surface area contributed by atoms with E-state index in [1.165, 1.54) is 0 Å². The van der Waals surface area contributed by atoms with Crippen LogP contribution in [0.4, 0.5) is 0 Å². The number of H-pyrrole nitrogens is 1. The number of hydrogen-bond acceptors (Lipinski definition) is 5. The van der Waals surface area contributed by atoms with Crippen molar-refractivity contribution in [2.75, 3.05) is 26.0 Å². The lowest BCUT2D eigenvalue weighted by Crippen LogP contribution is -2.51. The van der Waals surface area contributed by atoms with Crippen molar-refractivity contribution >= 4 is 27.0 Å². The summed E-state index contributed by atoms with van der Waals surface area (Å²) in [6.07, 6.45) is 4.75. The van der Waals surface area contributed by atoms with Crippen molar-refractivity contribution in [1.29, 1.82) is 0 Å². The Morgan fingerprint density at radius 2 is 2.00 bits per heavy atom. The van der Waals surface area contributed by atoms with E-state index in [2.05, 4.69) is 14.7 Å². The molecule has 8 nitrogen and oxygen atoms in total. The van der Waals surface area contributed by atoms with Crippen molar-refractivity contribution in [2.24, 2.45) is 5.92 Å². The molecule has 1 aliphatic heterocycles. The first kappa shape index (κ1) is 20.4. The maximum absolute atomic E-state index is 11.3. The van der Waals surface area contributed by atoms with Crippen molar-refractivity contribution in [2.45, 2.75) is 13.5 Å². The van der Waals surface area contributed by atoms with Crippen LogP contribution in [-0.4, -0.2) is 55.1 Å². The molecule has 1 fully saturated rings. The Morgan fingerprint density at radius 1 is 1.27 bits per heavy atom. The van der Waals surface area contributed by atoms with Gasteiger partial charge in [-0.25, -0.2) is 18.1 Å². The molecule has 9 heteroatoms. The van der Waals surface area contributed by atoms with Gasteiger partial charge in [-0.3, -0.25) is 4.79 Å². The van der Waals surface area contributed by atoms with Gasteiger partial charge in [0.2, 0.25) is 15.9 Å². The second-order valence-electron chi connectivity index (χ2n) is 7.63. The Labute approximate surface area is 175 Å². The summed E-state index contributed by atoms with van der Waals surface area (Å²) in [5, 5.41) is 0.905. The van der Waals surface area contributed by atoms with Crippen LogP contribution in [0.15, 0.2) is 42.7 Å². The van der Waals surface area contributed by atoms with E-state index < -0.39 is 10.0 Å². The molecule has 1 amide bonds. The number of rotatable bonds is 7. The number of sulfonamides is 1. The molecule has 0 atom stereocenters. The number of nitrogens with one attached hydrogen (secondary N) is 2. The second-order valence-corrected chi connectivity index (χ2v) is 9.46. The fraction of sp³-hybridized carbons (Fsp3) is 0.333. The van der Waals surface area contributed by atoms with E-state index in [9.17, 15) is 13.2 Å². The molecule has 0 unspecified atom stereocenters. The number of carbonyl (C=O) groups excluding carboxylic acids is 1. The molecule has 0 aliphatic carbocycles. The molecular weight excluding hydrogens is 404 g/mol. The van der Waals surface area contributed by atoms with E-state index in [0.29, 0.717) is 12.5 Å². The minimum atomic E-state index is -3.23. The van der Waals surface area contributed by atoms with Gasteiger partial charge in [-0.05, 0) is 17.2 Å². The largest absolute Gasteiger partial charge is 0.492 e. The summed E-state index contributed by atoms with van der Waals surface area (Å²) in [4.78, 5) is 20.7. The molecule has 0 saturated carbocycles. The predicted octanol–water partition coefficient (Wildman–Crippen LogP) is 2.14. The van der Waals surface area contributed by atoms with E-state index in [0.717, 1.165) is 52.8 Å². The number of aromatic nitrogens is 2. The van der Waals surface area contributed by atoms with Gasteiger partial charge in [0.25, 0.3) is 0 Å². The first-order valence-electron chi connectivity index (χ1n) is 9.68. The van der Waals surface area contributed by atoms with Crippen LogP contribution >= 0.6 is 0 Å². The number of nitrogens with zero attached hydrogens (tertiary/aromatic N) is 2. The van der Waals surface area contributed by atoms with Gasteiger partial charge in [0, 0.05) is 50.4 Å². The number of hydrogen-bond donors (Lipinski definition) is 2. The maximum Gasteiger partial charge on any atom is 0.219 e. The minimum absolute atomic E-state index is 0.0978. The van der Waals surface area contributed by atoms with Crippen LogP contribution in [0.3, 0.4) is 0 Å². The lowest BCUT2D eigenvalue weighted by Gasteiger charge is -2.38. The number of ether oxygens (including phenoxy) is 1. The van der Waals surface area contributed by atoms with E-state index in [1.807, 2.05) is 36.5 Å². The molecule has 0 radical (unpaired) electrons. The molecule has 0 bridgehead atoms.